The van der Waals surface area contributed by atoms with Gasteiger partial charge in [-0.05, 0) is 44.0 Å². The van der Waals surface area contributed by atoms with E-state index < -0.39 is 0 Å². The summed E-state index contributed by atoms with van der Waals surface area (Å²) >= 11 is 0. The molecule has 5 nitrogen and oxygen atoms in total. The maximum atomic E-state index is 12.9. The third-order valence-electron chi connectivity index (χ3n) is 4.73. The van der Waals surface area contributed by atoms with Crippen molar-refractivity contribution in [2.75, 3.05) is 27.4 Å². The Morgan fingerprint density at radius 3 is 2.85 bits per heavy atom. The van der Waals surface area contributed by atoms with Gasteiger partial charge in [0.2, 0.25) is 0 Å². The standard InChI is InChI=1S/C22H27NO4/c1-16-9-10-21(25-3)18(12-16)14-23(2)22(24)17-6-4-7-19(13-17)27-15-20-8-5-11-26-20/h4,6-7,9-10,12-13,20H,5,8,11,14-15H2,1-3H3. The van der Waals surface area contributed by atoms with E-state index in [1.807, 2.05) is 43.3 Å². The zero-order valence-electron chi connectivity index (χ0n) is 16.2. The molecule has 1 aliphatic heterocycles. The van der Waals surface area contributed by atoms with Crippen LogP contribution in [0.25, 0.3) is 0 Å². The predicted octanol–water partition coefficient (Wildman–Crippen LogP) is 3.83. The van der Waals surface area contributed by atoms with Crippen molar-refractivity contribution in [2.45, 2.75) is 32.4 Å². The van der Waals surface area contributed by atoms with E-state index >= 15 is 0 Å². The summed E-state index contributed by atoms with van der Waals surface area (Å²) in [4.78, 5) is 14.5. The number of hydrogen-bond acceptors (Lipinski definition) is 4. The highest BCUT2D eigenvalue weighted by Gasteiger charge is 2.17. The van der Waals surface area contributed by atoms with Crippen LogP contribution in [0.1, 0.15) is 34.3 Å². The van der Waals surface area contributed by atoms with Crippen molar-refractivity contribution >= 4 is 5.91 Å². The van der Waals surface area contributed by atoms with Crippen LogP contribution in [-0.4, -0.2) is 44.3 Å². The van der Waals surface area contributed by atoms with Crippen LogP contribution in [-0.2, 0) is 11.3 Å². The molecule has 0 spiro atoms. The van der Waals surface area contributed by atoms with E-state index in [9.17, 15) is 4.79 Å². The lowest BCUT2D eigenvalue weighted by Gasteiger charge is -2.20. The number of amides is 1. The number of rotatable bonds is 7. The van der Waals surface area contributed by atoms with Crippen molar-refractivity contribution in [2.24, 2.45) is 0 Å². The van der Waals surface area contributed by atoms with Gasteiger partial charge in [0.05, 0.1) is 13.2 Å². The van der Waals surface area contributed by atoms with Gasteiger partial charge in [0.15, 0.2) is 0 Å². The molecule has 0 N–H and O–H groups in total. The second-order valence-electron chi connectivity index (χ2n) is 6.95. The van der Waals surface area contributed by atoms with Gasteiger partial charge in [-0.25, -0.2) is 0 Å². The molecule has 0 aliphatic carbocycles. The molecule has 1 amide bonds. The summed E-state index contributed by atoms with van der Waals surface area (Å²) in [5.41, 5.74) is 2.73. The van der Waals surface area contributed by atoms with E-state index in [4.69, 9.17) is 14.2 Å². The largest absolute Gasteiger partial charge is 0.496 e. The summed E-state index contributed by atoms with van der Waals surface area (Å²) in [6, 6.07) is 13.3. The highest BCUT2D eigenvalue weighted by atomic mass is 16.5. The molecule has 1 fully saturated rings. The normalized spacial score (nSPS) is 16.2. The number of carbonyl (C=O) groups is 1. The Balaban J connectivity index is 1.66. The molecule has 1 aliphatic rings. The Morgan fingerprint density at radius 1 is 1.26 bits per heavy atom. The van der Waals surface area contributed by atoms with E-state index in [-0.39, 0.29) is 12.0 Å². The third-order valence-corrected chi connectivity index (χ3v) is 4.73. The van der Waals surface area contributed by atoms with E-state index in [1.165, 1.54) is 0 Å². The number of hydrogen-bond donors (Lipinski definition) is 0. The number of methoxy groups -OCH3 is 1. The van der Waals surface area contributed by atoms with Gasteiger partial charge in [-0.2, -0.15) is 0 Å². The van der Waals surface area contributed by atoms with Gasteiger partial charge < -0.3 is 19.1 Å². The maximum Gasteiger partial charge on any atom is 0.254 e. The smallest absolute Gasteiger partial charge is 0.254 e. The molecule has 1 saturated heterocycles. The fourth-order valence-corrected chi connectivity index (χ4v) is 3.26. The minimum atomic E-state index is -0.0545. The zero-order valence-corrected chi connectivity index (χ0v) is 16.2. The summed E-state index contributed by atoms with van der Waals surface area (Å²) < 4.78 is 16.8. The molecule has 2 aromatic carbocycles. The topological polar surface area (TPSA) is 48.0 Å². The number of ether oxygens (including phenoxy) is 3. The van der Waals surface area contributed by atoms with Crippen LogP contribution < -0.4 is 9.47 Å². The van der Waals surface area contributed by atoms with Gasteiger partial charge in [0.1, 0.15) is 18.1 Å². The maximum absolute atomic E-state index is 12.9. The van der Waals surface area contributed by atoms with Crippen LogP contribution in [0.5, 0.6) is 11.5 Å². The summed E-state index contributed by atoms with van der Waals surface area (Å²) in [6.07, 6.45) is 2.26. The van der Waals surface area contributed by atoms with Gasteiger partial charge in [0.25, 0.3) is 5.91 Å². The molecule has 0 saturated carbocycles. The Hall–Kier alpha value is -2.53. The Labute approximate surface area is 160 Å². The Bertz CT molecular complexity index is 784. The molecule has 2 aromatic rings. The lowest BCUT2D eigenvalue weighted by Crippen LogP contribution is -2.26. The van der Waals surface area contributed by atoms with E-state index in [0.717, 1.165) is 36.3 Å². The second kappa shape index (κ2) is 8.91. The van der Waals surface area contributed by atoms with Crippen molar-refractivity contribution < 1.29 is 19.0 Å². The molecule has 144 valence electrons. The van der Waals surface area contributed by atoms with E-state index in [2.05, 4.69) is 0 Å². The monoisotopic (exact) mass is 369 g/mol. The highest BCUT2D eigenvalue weighted by Crippen LogP contribution is 2.23. The SMILES string of the molecule is COc1ccc(C)cc1CN(C)C(=O)c1cccc(OCC2CCCO2)c1. The fraction of sp³-hybridized carbons (Fsp3) is 0.409. The molecule has 5 heteroatoms. The average Bonchev–Trinajstić information content (AvgIpc) is 3.20. The first-order valence-electron chi connectivity index (χ1n) is 9.30. The Morgan fingerprint density at radius 2 is 2.11 bits per heavy atom. The minimum Gasteiger partial charge on any atom is -0.496 e. The van der Waals surface area contributed by atoms with Crippen LogP contribution in [0.3, 0.4) is 0 Å². The summed E-state index contributed by atoms with van der Waals surface area (Å²) in [5, 5.41) is 0. The van der Waals surface area contributed by atoms with E-state index in [0.29, 0.717) is 24.5 Å². The number of benzene rings is 2. The van der Waals surface area contributed by atoms with Gasteiger partial charge in [0, 0.05) is 31.3 Å². The highest BCUT2D eigenvalue weighted by molar-refractivity contribution is 5.94. The van der Waals surface area contributed by atoms with Crippen molar-refractivity contribution in [1.29, 1.82) is 0 Å². The fourth-order valence-electron chi connectivity index (χ4n) is 3.26. The van der Waals surface area contributed by atoms with Crippen molar-refractivity contribution in [3.05, 3.63) is 59.2 Å². The molecule has 0 aromatic heterocycles. The van der Waals surface area contributed by atoms with Crippen LogP contribution >= 0.6 is 0 Å². The summed E-state index contributed by atoms with van der Waals surface area (Å²) in [6.45, 7) is 3.83. The molecule has 1 heterocycles. The average molecular weight is 369 g/mol. The molecule has 1 unspecified atom stereocenters. The zero-order chi connectivity index (χ0) is 19.2. The third kappa shape index (κ3) is 5.01. The van der Waals surface area contributed by atoms with Crippen LogP contribution in [0, 0.1) is 6.92 Å². The van der Waals surface area contributed by atoms with Gasteiger partial charge in [-0.3, -0.25) is 4.79 Å². The molecule has 3 rings (SSSR count). The summed E-state index contributed by atoms with van der Waals surface area (Å²) in [7, 11) is 3.44. The molecule has 0 radical (unpaired) electrons. The van der Waals surface area contributed by atoms with Crippen LogP contribution in [0.2, 0.25) is 0 Å². The van der Waals surface area contributed by atoms with E-state index in [1.54, 1.807) is 25.1 Å². The predicted molar refractivity (Wildman–Crippen MR) is 104 cm³/mol. The Kier molecular flexibility index (Phi) is 6.35. The van der Waals surface area contributed by atoms with Crippen LogP contribution in [0.4, 0.5) is 0 Å². The molecular weight excluding hydrogens is 342 g/mol. The molecular formula is C22H27NO4. The van der Waals surface area contributed by atoms with Crippen molar-refractivity contribution in [3.63, 3.8) is 0 Å². The van der Waals surface area contributed by atoms with Crippen molar-refractivity contribution in [3.8, 4) is 11.5 Å². The van der Waals surface area contributed by atoms with Gasteiger partial charge in [-0.15, -0.1) is 0 Å². The molecule has 1 atom stereocenters. The first kappa shape index (κ1) is 19.2. The molecule has 27 heavy (non-hydrogen) atoms. The number of aryl methyl sites for hydroxylation is 1. The lowest BCUT2D eigenvalue weighted by atomic mass is 10.1. The number of nitrogens with zero attached hydrogens (tertiary/aromatic N) is 1. The van der Waals surface area contributed by atoms with Crippen molar-refractivity contribution in [1.82, 2.24) is 4.90 Å². The summed E-state index contributed by atoms with van der Waals surface area (Å²) in [5.74, 6) is 1.42. The number of carbonyl (C=O) groups excluding carboxylic acids is 1. The second-order valence-corrected chi connectivity index (χ2v) is 6.95. The minimum absolute atomic E-state index is 0.0545. The first-order chi connectivity index (χ1) is 13.1. The van der Waals surface area contributed by atoms with Crippen LogP contribution in [0.15, 0.2) is 42.5 Å². The van der Waals surface area contributed by atoms with Gasteiger partial charge >= 0.3 is 0 Å². The van der Waals surface area contributed by atoms with Gasteiger partial charge in [-0.1, -0.05) is 23.8 Å². The quantitative estimate of drug-likeness (QED) is 0.744. The first-order valence-corrected chi connectivity index (χ1v) is 9.30. The lowest BCUT2D eigenvalue weighted by molar-refractivity contribution is 0.0678. The molecule has 0 bridgehead atoms.